The Balaban J connectivity index is 0.000000372. The number of pyridine rings is 1. The van der Waals surface area contributed by atoms with Crippen LogP contribution in [0.15, 0.2) is 78.9 Å². The topological polar surface area (TPSA) is 87.1 Å². The minimum absolute atomic E-state index is 0.750. The average Bonchev–Trinajstić information content (AvgIpc) is 2.96. The maximum Gasteiger partial charge on any atom is 0.485 e. The SMILES string of the molecule is NCCCC[n+]1c2c(c(-c3ccccc3)c3c1-c1ccccc1CC3)CCc1ccccc1-2.O=S(=O)([O-])C(F)(F)F. The molecule has 1 aromatic heterocycles. The van der Waals surface area contributed by atoms with Crippen molar-refractivity contribution in [3.8, 4) is 33.6 Å². The summed E-state index contributed by atoms with van der Waals surface area (Å²) in [4.78, 5) is 0. The molecule has 6 rings (SSSR count). The summed E-state index contributed by atoms with van der Waals surface area (Å²) in [5, 5.41) is 0. The third-order valence-corrected chi connectivity index (χ3v) is 8.30. The van der Waals surface area contributed by atoms with Crippen molar-refractivity contribution in [2.75, 3.05) is 6.54 Å². The van der Waals surface area contributed by atoms with Crippen LogP contribution < -0.4 is 10.3 Å². The van der Waals surface area contributed by atoms with Crippen LogP contribution in [0.4, 0.5) is 13.2 Å². The summed E-state index contributed by atoms with van der Waals surface area (Å²) in [6, 6.07) is 29.2. The summed E-state index contributed by atoms with van der Waals surface area (Å²) in [5.74, 6) is 0. The predicted octanol–water partition coefficient (Wildman–Crippen LogP) is 5.96. The van der Waals surface area contributed by atoms with Gasteiger partial charge < -0.3 is 10.3 Å². The maximum atomic E-state index is 10.7. The van der Waals surface area contributed by atoms with E-state index in [4.69, 9.17) is 18.7 Å². The highest BCUT2D eigenvalue weighted by Crippen LogP contribution is 2.44. The maximum absolute atomic E-state index is 10.7. The molecule has 214 valence electrons. The number of benzene rings is 3. The van der Waals surface area contributed by atoms with Crippen molar-refractivity contribution in [3.05, 3.63) is 101 Å². The zero-order valence-corrected chi connectivity index (χ0v) is 23.3. The number of aromatic nitrogens is 1. The highest BCUT2D eigenvalue weighted by atomic mass is 32.2. The first kappa shape index (κ1) is 29.0. The number of unbranched alkanes of at least 4 members (excludes halogenated alkanes) is 1. The first-order chi connectivity index (χ1) is 19.6. The fourth-order valence-corrected chi connectivity index (χ4v) is 6.01. The van der Waals surface area contributed by atoms with Gasteiger partial charge in [-0.15, -0.1) is 0 Å². The van der Waals surface area contributed by atoms with Crippen LogP contribution in [0.5, 0.6) is 0 Å². The zero-order valence-electron chi connectivity index (χ0n) is 22.5. The molecule has 4 aromatic rings. The lowest BCUT2D eigenvalue weighted by Crippen LogP contribution is -2.43. The van der Waals surface area contributed by atoms with Crippen molar-refractivity contribution in [2.45, 2.75) is 50.6 Å². The number of hydrogen-bond donors (Lipinski definition) is 1. The second-order valence-electron chi connectivity index (χ2n) is 10.3. The van der Waals surface area contributed by atoms with E-state index in [-0.39, 0.29) is 0 Å². The quantitative estimate of drug-likeness (QED) is 0.137. The predicted molar refractivity (Wildman–Crippen MR) is 152 cm³/mol. The van der Waals surface area contributed by atoms with Crippen LogP contribution in [0.1, 0.15) is 35.1 Å². The molecular weight excluding hydrogens is 549 g/mol. The van der Waals surface area contributed by atoms with Crippen molar-refractivity contribution in [1.29, 1.82) is 0 Å². The van der Waals surface area contributed by atoms with E-state index in [0.29, 0.717) is 0 Å². The first-order valence-corrected chi connectivity index (χ1v) is 15.1. The fraction of sp³-hybridized carbons (Fsp3) is 0.281. The van der Waals surface area contributed by atoms with E-state index in [2.05, 4.69) is 83.4 Å². The lowest BCUT2D eigenvalue weighted by atomic mass is 9.77. The van der Waals surface area contributed by atoms with Gasteiger partial charge in [-0.05, 0) is 67.5 Å². The van der Waals surface area contributed by atoms with E-state index < -0.39 is 15.6 Å². The minimum atomic E-state index is -6.09. The van der Waals surface area contributed by atoms with E-state index >= 15 is 0 Å². The van der Waals surface area contributed by atoms with Crippen molar-refractivity contribution in [2.24, 2.45) is 5.73 Å². The number of hydrogen-bond acceptors (Lipinski definition) is 4. The molecule has 0 unspecified atom stereocenters. The number of halogens is 3. The van der Waals surface area contributed by atoms with Crippen LogP contribution in [0.3, 0.4) is 0 Å². The monoisotopic (exact) mass is 580 g/mol. The third kappa shape index (κ3) is 5.80. The van der Waals surface area contributed by atoms with Crippen LogP contribution in [-0.2, 0) is 42.3 Å². The standard InChI is InChI=1S/C31H31N2.CHF3O3S/c32-20-8-9-21-33-30-25-14-6-4-10-22(25)16-18-27(30)29(24-12-2-1-3-13-24)28-19-17-23-11-5-7-15-26(23)31(28)33;2-1(3,4)8(5,6)7/h1-7,10-15H,8-9,16-21,32H2;(H,5,6,7)/q+1;/p-1. The number of nitrogens with zero attached hydrogens (tertiary/aromatic N) is 1. The summed E-state index contributed by atoms with van der Waals surface area (Å²) in [5.41, 5.74) is 14.8. The number of fused-ring (bicyclic) bond motifs is 6. The molecule has 2 aliphatic carbocycles. The number of nitrogens with two attached hydrogens (primary N) is 1. The van der Waals surface area contributed by atoms with Crippen molar-refractivity contribution in [1.82, 2.24) is 0 Å². The van der Waals surface area contributed by atoms with Gasteiger partial charge in [-0.25, -0.2) is 8.42 Å². The van der Waals surface area contributed by atoms with Gasteiger partial charge in [0.15, 0.2) is 10.1 Å². The van der Waals surface area contributed by atoms with E-state index in [0.717, 1.165) is 51.6 Å². The highest BCUT2D eigenvalue weighted by Gasteiger charge is 2.38. The molecule has 5 nitrogen and oxygen atoms in total. The molecule has 2 N–H and O–H groups in total. The van der Waals surface area contributed by atoms with Crippen molar-refractivity contribution in [3.63, 3.8) is 0 Å². The average molecular weight is 581 g/mol. The Bertz CT molecular complexity index is 1590. The van der Waals surface area contributed by atoms with Crippen LogP contribution >= 0.6 is 0 Å². The first-order valence-electron chi connectivity index (χ1n) is 13.7. The second-order valence-corrected chi connectivity index (χ2v) is 11.6. The summed E-state index contributed by atoms with van der Waals surface area (Å²) in [6.07, 6.45) is 6.59. The molecule has 41 heavy (non-hydrogen) atoms. The minimum Gasteiger partial charge on any atom is -0.741 e. The van der Waals surface area contributed by atoms with E-state index in [1.165, 1.54) is 55.9 Å². The number of alkyl halides is 3. The molecule has 2 aliphatic rings. The molecular formula is C32H31F3N2O3S. The Morgan fingerprint density at radius 1 is 0.732 bits per heavy atom. The largest absolute Gasteiger partial charge is 0.741 e. The molecule has 0 amide bonds. The summed E-state index contributed by atoms with van der Waals surface area (Å²) in [7, 11) is -6.09. The molecule has 0 spiro atoms. The van der Waals surface area contributed by atoms with Gasteiger partial charge in [-0.2, -0.15) is 17.7 Å². The Hall–Kier alpha value is -3.53. The van der Waals surface area contributed by atoms with Crippen LogP contribution in [-0.4, -0.2) is 25.0 Å². The molecule has 0 fully saturated rings. The Kier molecular flexibility index (Phi) is 8.31. The van der Waals surface area contributed by atoms with Gasteiger partial charge in [0.2, 0.25) is 11.4 Å². The molecule has 0 aliphatic heterocycles. The molecule has 0 radical (unpaired) electrons. The molecule has 0 atom stereocenters. The van der Waals surface area contributed by atoms with E-state index in [1.54, 1.807) is 0 Å². The number of aryl methyl sites for hydroxylation is 2. The van der Waals surface area contributed by atoms with Gasteiger partial charge in [-0.3, -0.25) is 0 Å². The summed E-state index contributed by atoms with van der Waals surface area (Å²) >= 11 is 0. The Morgan fingerprint density at radius 2 is 1.20 bits per heavy atom. The van der Waals surface area contributed by atoms with E-state index in [1.807, 2.05) is 0 Å². The van der Waals surface area contributed by atoms with E-state index in [9.17, 15) is 13.2 Å². The fourth-order valence-electron chi connectivity index (χ4n) is 6.01. The summed E-state index contributed by atoms with van der Waals surface area (Å²) < 4.78 is 61.6. The normalized spacial score (nSPS) is 13.7. The van der Waals surface area contributed by atoms with Gasteiger partial charge >= 0.3 is 5.51 Å². The molecule has 0 bridgehead atoms. The second kappa shape index (κ2) is 11.8. The molecule has 0 saturated carbocycles. The van der Waals surface area contributed by atoms with Crippen LogP contribution in [0, 0.1) is 0 Å². The highest BCUT2D eigenvalue weighted by molar-refractivity contribution is 7.86. The molecule has 3 aromatic carbocycles. The third-order valence-electron chi connectivity index (χ3n) is 7.73. The Labute approximate surface area is 238 Å². The molecule has 9 heteroatoms. The lowest BCUT2D eigenvalue weighted by molar-refractivity contribution is -0.676. The summed E-state index contributed by atoms with van der Waals surface area (Å²) in [6.45, 7) is 1.76. The van der Waals surface area contributed by atoms with Crippen molar-refractivity contribution >= 4 is 10.1 Å². The van der Waals surface area contributed by atoms with Gasteiger partial charge in [0.05, 0.1) is 0 Å². The van der Waals surface area contributed by atoms with Crippen LogP contribution in [0.25, 0.3) is 33.6 Å². The zero-order chi connectivity index (χ0) is 29.2. The van der Waals surface area contributed by atoms with Crippen LogP contribution in [0.2, 0.25) is 0 Å². The molecule has 0 saturated heterocycles. The van der Waals surface area contributed by atoms with Gasteiger partial charge in [-0.1, -0.05) is 66.7 Å². The smallest absolute Gasteiger partial charge is 0.485 e. The Morgan fingerprint density at radius 3 is 1.66 bits per heavy atom. The van der Waals surface area contributed by atoms with Gasteiger partial charge in [0, 0.05) is 34.2 Å². The van der Waals surface area contributed by atoms with Gasteiger partial charge in [0.25, 0.3) is 0 Å². The van der Waals surface area contributed by atoms with Gasteiger partial charge in [0.1, 0.15) is 6.54 Å². The number of rotatable bonds is 5. The molecule has 1 heterocycles. The van der Waals surface area contributed by atoms with Crippen molar-refractivity contribution < 1.29 is 30.7 Å². The lowest BCUT2D eigenvalue weighted by Gasteiger charge is -2.28.